The SMILES string of the molecule is [2H]c1c([2H])c2c([2H])c([2H])c3c([2H])cc(-c4cc5ccccc5cc4-c4ccc(-c5c([2H])c([2H])c6c([2H])c([2H])c7c([2H])c([2H])c([2H])c8c([2H])c([2H])c5c6c78)cc4)c4c([2H])c([2H])c(c1[2H])c2c34. The van der Waals surface area contributed by atoms with Gasteiger partial charge in [-0.2, -0.15) is 0 Å². The van der Waals surface area contributed by atoms with E-state index in [0.29, 0.717) is 27.8 Å². The van der Waals surface area contributed by atoms with Crippen LogP contribution in [-0.4, -0.2) is 0 Å². The molecule has 0 radical (unpaired) electrons. The molecule has 11 rings (SSSR count). The summed E-state index contributed by atoms with van der Waals surface area (Å²) in [6.07, 6.45) is 0. The van der Waals surface area contributed by atoms with E-state index in [-0.39, 0.29) is 94.4 Å². The van der Waals surface area contributed by atoms with Crippen LogP contribution in [0.1, 0.15) is 23.3 Å². The molecule has 0 atom stereocenters. The minimum Gasteiger partial charge on any atom is -0.0616 e. The minimum absolute atomic E-state index is 0.0235. The van der Waals surface area contributed by atoms with E-state index in [2.05, 4.69) is 0 Å². The van der Waals surface area contributed by atoms with Crippen molar-refractivity contribution in [3.8, 4) is 33.4 Å². The molecule has 0 bridgehead atoms. The summed E-state index contributed by atoms with van der Waals surface area (Å²) in [5, 5.41) is 1.68. The Bertz CT molecular complexity index is 3960. The van der Waals surface area contributed by atoms with E-state index >= 15 is 0 Å². The predicted octanol–water partition coefficient (Wildman–Crippen LogP) is 13.6. The van der Waals surface area contributed by atoms with Gasteiger partial charge in [0.2, 0.25) is 0 Å². The lowest BCUT2D eigenvalue weighted by Gasteiger charge is -2.18. The second-order valence-electron chi connectivity index (χ2n) is 11.9. The van der Waals surface area contributed by atoms with Crippen LogP contribution in [0.15, 0.2) is 169 Å². The van der Waals surface area contributed by atoms with Crippen molar-refractivity contribution in [1.82, 2.24) is 0 Å². The van der Waals surface area contributed by atoms with E-state index in [1.807, 2.05) is 36.4 Å². The van der Waals surface area contributed by atoms with Crippen molar-refractivity contribution in [2.45, 2.75) is 0 Å². The smallest absolute Gasteiger partial charge is 0.0616 e. The highest BCUT2D eigenvalue weighted by molar-refractivity contribution is 6.27. The zero-order valence-electron chi connectivity index (χ0n) is 41.9. The van der Waals surface area contributed by atoms with Crippen molar-refractivity contribution in [2.24, 2.45) is 0 Å². The Balaban J connectivity index is 1.21. The molecular weight excluding hydrogens is 577 g/mol. The van der Waals surface area contributed by atoms with Crippen molar-refractivity contribution < 1.29 is 23.3 Å². The lowest BCUT2D eigenvalue weighted by molar-refractivity contribution is 1.61. The average Bonchev–Trinajstić information content (AvgIpc) is 3.29. The fraction of sp³-hybridized carbons (Fsp3) is 0. The van der Waals surface area contributed by atoms with Gasteiger partial charge in [-0.3, -0.25) is 0 Å². The van der Waals surface area contributed by atoms with Crippen LogP contribution in [0.2, 0.25) is 0 Å². The monoisotopic (exact) mass is 621 g/mol. The first-order valence-corrected chi connectivity index (χ1v) is 15.4. The molecule has 0 N–H and O–H groups in total. The zero-order valence-corrected chi connectivity index (χ0v) is 24.9. The maximum absolute atomic E-state index is 9.42. The molecule has 0 aliphatic rings. The van der Waals surface area contributed by atoms with Crippen LogP contribution in [0.25, 0.3) is 109 Å². The van der Waals surface area contributed by atoms with Gasteiger partial charge in [-0.15, -0.1) is 0 Å². The molecular formula is C48H28. The summed E-state index contributed by atoms with van der Waals surface area (Å²) in [6, 6.07) is 12.5. The number of hydrogen-bond donors (Lipinski definition) is 0. The van der Waals surface area contributed by atoms with Gasteiger partial charge < -0.3 is 0 Å². The lowest BCUT2D eigenvalue weighted by Crippen LogP contribution is -1.91. The van der Waals surface area contributed by atoms with Gasteiger partial charge in [0.15, 0.2) is 0 Å². The molecule has 11 aromatic carbocycles. The van der Waals surface area contributed by atoms with Crippen LogP contribution in [0.3, 0.4) is 0 Å². The van der Waals surface area contributed by atoms with E-state index in [1.165, 1.54) is 6.07 Å². The summed E-state index contributed by atoms with van der Waals surface area (Å²) >= 11 is 0. The van der Waals surface area contributed by atoms with E-state index in [4.69, 9.17) is 17.8 Å². The molecule has 0 amide bonds. The predicted molar refractivity (Wildman–Crippen MR) is 208 cm³/mol. The van der Waals surface area contributed by atoms with Crippen molar-refractivity contribution >= 4 is 75.4 Å². The number of benzene rings is 11. The first-order valence-electron chi connectivity index (χ1n) is 23.9. The Hall–Kier alpha value is -6.24. The molecule has 0 aliphatic heterocycles. The molecule has 48 heavy (non-hydrogen) atoms. The Morgan fingerprint density at radius 3 is 1.31 bits per heavy atom. The molecule has 0 spiro atoms. The fourth-order valence-corrected chi connectivity index (χ4v) is 7.13. The molecule has 0 saturated carbocycles. The Kier molecular flexibility index (Phi) is 2.95. The van der Waals surface area contributed by atoms with Gasteiger partial charge >= 0.3 is 0 Å². The third-order valence-electron chi connectivity index (χ3n) is 9.35. The van der Waals surface area contributed by atoms with Gasteiger partial charge in [-0.05, 0) is 121 Å². The summed E-state index contributed by atoms with van der Waals surface area (Å²) in [4.78, 5) is 0. The quantitative estimate of drug-likeness (QED) is 0.172. The molecule has 220 valence electrons. The molecule has 11 aromatic rings. The van der Waals surface area contributed by atoms with Gasteiger partial charge in [-0.25, -0.2) is 0 Å². The van der Waals surface area contributed by atoms with Crippen LogP contribution in [-0.2, 0) is 0 Å². The Morgan fingerprint density at radius 2 is 0.729 bits per heavy atom. The number of rotatable bonds is 3. The minimum atomic E-state index is -0.553. The molecule has 0 unspecified atom stereocenters. The highest BCUT2D eigenvalue weighted by Gasteiger charge is 2.17. The van der Waals surface area contributed by atoms with Crippen LogP contribution >= 0.6 is 0 Å². The van der Waals surface area contributed by atoms with Crippen LogP contribution in [0.5, 0.6) is 0 Å². The molecule has 0 nitrogen and oxygen atoms in total. The van der Waals surface area contributed by atoms with E-state index < -0.39 is 78.6 Å². The van der Waals surface area contributed by atoms with E-state index in [0.717, 1.165) is 10.8 Å². The van der Waals surface area contributed by atoms with Gasteiger partial charge in [0.05, 0.1) is 23.3 Å². The summed E-state index contributed by atoms with van der Waals surface area (Å²) in [5.41, 5.74) is 2.53. The Morgan fingerprint density at radius 1 is 0.292 bits per heavy atom. The normalized spacial score (nSPS) is 17.1. The maximum Gasteiger partial charge on any atom is 0.0630 e. The van der Waals surface area contributed by atoms with E-state index in [9.17, 15) is 5.48 Å². The van der Waals surface area contributed by atoms with Gasteiger partial charge in [0, 0.05) is 0 Å². The molecule has 0 aromatic heterocycles. The second kappa shape index (κ2) is 9.64. The Labute approximate surface area is 301 Å². The van der Waals surface area contributed by atoms with Gasteiger partial charge in [-0.1, -0.05) is 157 Å². The van der Waals surface area contributed by atoms with Crippen molar-refractivity contribution in [3.05, 3.63) is 169 Å². The van der Waals surface area contributed by atoms with Gasteiger partial charge in [0.1, 0.15) is 0 Å². The largest absolute Gasteiger partial charge is 0.0630 e. The molecule has 0 fully saturated rings. The summed E-state index contributed by atoms with van der Waals surface area (Å²) in [6.45, 7) is 0. The molecule has 0 saturated heterocycles. The second-order valence-corrected chi connectivity index (χ2v) is 11.9. The third-order valence-corrected chi connectivity index (χ3v) is 9.35. The van der Waals surface area contributed by atoms with Crippen LogP contribution < -0.4 is 0 Å². The van der Waals surface area contributed by atoms with Crippen LogP contribution in [0.4, 0.5) is 0 Å². The number of fused-ring (bicyclic) bond motifs is 1. The van der Waals surface area contributed by atoms with Crippen molar-refractivity contribution in [3.63, 3.8) is 0 Å². The van der Waals surface area contributed by atoms with Crippen molar-refractivity contribution in [1.29, 1.82) is 0 Å². The average molecular weight is 622 g/mol. The fourth-order valence-electron chi connectivity index (χ4n) is 7.13. The highest BCUT2D eigenvalue weighted by atomic mass is 14.2. The zero-order chi connectivity index (χ0) is 46.1. The van der Waals surface area contributed by atoms with E-state index in [1.54, 1.807) is 24.3 Å². The standard InChI is InChI=1S/C48H28/c1-2-6-38-28-44(40-24-20-36-18-16-32-8-4-10-34-22-26-42(40)48(36)46(32)34)43(27-37(38)5-1)30-13-11-29(12-14-30)39-23-19-35-17-15-31-7-3-9-33-21-25-41(39)47(35)45(31)33/h1-28H/i3D,4D,7D,8D,9D,10D,15D,16D,17D,18D,19D,20D,21D,22D,23D,25D,26D. The van der Waals surface area contributed by atoms with Gasteiger partial charge in [0.25, 0.3) is 0 Å². The lowest BCUT2D eigenvalue weighted by atomic mass is 9.85. The summed E-state index contributed by atoms with van der Waals surface area (Å²) in [7, 11) is 0. The first kappa shape index (κ1) is 14.7. The molecule has 0 heterocycles. The third kappa shape index (κ3) is 3.60. The topological polar surface area (TPSA) is 0 Å². The molecule has 0 aliphatic carbocycles. The highest BCUT2D eigenvalue weighted by Crippen LogP contribution is 2.44. The summed E-state index contributed by atoms with van der Waals surface area (Å²) < 4.78 is 152. The molecule has 0 heteroatoms. The maximum atomic E-state index is 9.42. The van der Waals surface area contributed by atoms with Crippen molar-refractivity contribution in [2.75, 3.05) is 0 Å². The summed E-state index contributed by atoms with van der Waals surface area (Å²) in [5.74, 6) is 0. The first-order chi connectivity index (χ1) is 30.9. The number of hydrogen-bond acceptors (Lipinski definition) is 0. The van der Waals surface area contributed by atoms with Crippen LogP contribution in [0, 0.1) is 0 Å².